The van der Waals surface area contributed by atoms with Crippen LogP contribution in [-0.2, 0) is 11.2 Å². The zero-order valence-corrected chi connectivity index (χ0v) is 9.95. The van der Waals surface area contributed by atoms with E-state index in [4.69, 9.17) is 9.47 Å². The average molecular weight is 221 g/mol. The lowest BCUT2D eigenvalue weighted by molar-refractivity contribution is 0.188. The fourth-order valence-electron chi connectivity index (χ4n) is 2.13. The summed E-state index contributed by atoms with van der Waals surface area (Å²) in [6, 6.07) is 6.78. The molecule has 3 heteroatoms. The minimum absolute atomic E-state index is 0.527. The van der Waals surface area contributed by atoms with Gasteiger partial charge in [-0.1, -0.05) is 6.07 Å². The van der Waals surface area contributed by atoms with Crippen LogP contribution in [0.3, 0.4) is 0 Å². The van der Waals surface area contributed by atoms with Crippen molar-refractivity contribution in [3.05, 3.63) is 23.8 Å². The standard InChI is InChI=1S/C13H19NO2/c1-15-8-7-11-5-3-10-4-6-12(16-2)9-13(10)14-11/h4,6,9,11,14H,3,5,7-8H2,1-2H3. The van der Waals surface area contributed by atoms with Crippen LogP contribution >= 0.6 is 0 Å². The zero-order chi connectivity index (χ0) is 11.4. The molecule has 3 nitrogen and oxygen atoms in total. The second-order valence-electron chi connectivity index (χ2n) is 4.18. The smallest absolute Gasteiger partial charge is 0.120 e. The molecule has 0 saturated heterocycles. The van der Waals surface area contributed by atoms with E-state index in [9.17, 15) is 0 Å². The lowest BCUT2D eigenvalue weighted by atomic mass is 9.96. The third-order valence-electron chi connectivity index (χ3n) is 3.11. The van der Waals surface area contributed by atoms with Gasteiger partial charge in [0.15, 0.2) is 0 Å². The Bertz CT molecular complexity index is 352. The van der Waals surface area contributed by atoms with Crippen molar-refractivity contribution in [1.82, 2.24) is 0 Å². The number of hydrogen-bond acceptors (Lipinski definition) is 3. The molecule has 1 aliphatic rings. The molecule has 1 N–H and O–H groups in total. The first-order valence-corrected chi connectivity index (χ1v) is 5.76. The molecule has 0 spiro atoms. The van der Waals surface area contributed by atoms with Gasteiger partial charge in [-0.25, -0.2) is 0 Å². The van der Waals surface area contributed by atoms with E-state index in [1.54, 1.807) is 14.2 Å². The monoisotopic (exact) mass is 221 g/mol. The molecule has 0 fully saturated rings. The van der Waals surface area contributed by atoms with Crippen LogP contribution in [0.15, 0.2) is 18.2 Å². The molecule has 1 aliphatic heterocycles. The lowest BCUT2D eigenvalue weighted by Crippen LogP contribution is -2.26. The van der Waals surface area contributed by atoms with Crippen LogP contribution in [0, 0.1) is 0 Å². The predicted octanol–water partition coefficient (Wildman–Crippen LogP) is 2.46. The van der Waals surface area contributed by atoms with Crippen LogP contribution in [0.1, 0.15) is 18.4 Å². The second kappa shape index (κ2) is 5.21. The van der Waals surface area contributed by atoms with Crippen LogP contribution in [0.25, 0.3) is 0 Å². The van der Waals surface area contributed by atoms with E-state index in [2.05, 4.69) is 17.4 Å². The fraction of sp³-hybridized carbons (Fsp3) is 0.538. The third kappa shape index (κ3) is 2.47. The molecule has 0 radical (unpaired) electrons. The number of anilines is 1. The molecule has 0 aromatic heterocycles. The molecule has 2 rings (SSSR count). The molecule has 0 amide bonds. The maximum atomic E-state index is 5.23. The first kappa shape index (κ1) is 11.3. The Morgan fingerprint density at radius 2 is 2.25 bits per heavy atom. The molecule has 1 heterocycles. The van der Waals surface area contributed by atoms with E-state index in [1.807, 2.05) is 6.07 Å². The van der Waals surface area contributed by atoms with Crippen molar-refractivity contribution >= 4 is 5.69 Å². The van der Waals surface area contributed by atoms with Gasteiger partial charge in [-0.3, -0.25) is 0 Å². The van der Waals surface area contributed by atoms with E-state index in [-0.39, 0.29) is 0 Å². The van der Waals surface area contributed by atoms with Crippen molar-refractivity contribution in [2.45, 2.75) is 25.3 Å². The van der Waals surface area contributed by atoms with Gasteiger partial charge in [-0.15, -0.1) is 0 Å². The summed E-state index contributed by atoms with van der Waals surface area (Å²) in [7, 11) is 3.45. The molecule has 16 heavy (non-hydrogen) atoms. The van der Waals surface area contributed by atoms with Crippen molar-refractivity contribution in [1.29, 1.82) is 0 Å². The number of aryl methyl sites for hydroxylation is 1. The van der Waals surface area contributed by atoms with E-state index >= 15 is 0 Å². The van der Waals surface area contributed by atoms with Crippen LogP contribution in [0.5, 0.6) is 5.75 Å². The third-order valence-corrected chi connectivity index (χ3v) is 3.11. The Balaban J connectivity index is 2.06. The number of hydrogen-bond donors (Lipinski definition) is 1. The second-order valence-corrected chi connectivity index (χ2v) is 4.18. The summed E-state index contributed by atoms with van der Waals surface area (Å²) < 4.78 is 10.3. The van der Waals surface area contributed by atoms with Crippen LogP contribution < -0.4 is 10.1 Å². The molecule has 0 saturated carbocycles. The first-order chi connectivity index (χ1) is 7.83. The largest absolute Gasteiger partial charge is 0.497 e. The van der Waals surface area contributed by atoms with Gasteiger partial charge in [-0.05, 0) is 30.9 Å². The highest BCUT2D eigenvalue weighted by Crippen LogP contribution is 2.29. The molecule has 1 atom stereocenters. The highest BCUT2D eigenvalue weighted by atomic mass is 16.5. The summed E-state index contributed by atoms with van der Waals surface area (Å²) in [6.07, 6.45) is 3.39. The zero-order valence-electron chi connectivity index (χ0n) is 9.95. The molecule has 1 aromatic carbocycles. The van der Waals surface area contributed by atoms with Gasteiger partial charge in [0, 0.05) is 31.5 Å². The number of nitrogens with one attached hydrogen (secondary N) is 1. The molecular weight excluding hydrogens is 202 g/mol. The van der Waals surface area contributed by atoms with Crippen molar-refractivity contribution in [2.24, 2.45) is 0 Å². The quantitative estimate of drug-likeness (QED) is 0.847. The highest BCUT2D eigenvalue weighted by molar-refractivity contribution is 5.57. The molecular formula is C13H19NO2. The number of rotatable bonds is 4. The highest BCUT2D eigenvalue weighted by Gasteiger charge is 2.17. The predicted molar refractivity (Wildman–Crippen MR) is 65.2 cm³/mol. The number of fused-ring (bicyclic) bond motifs is 1. The summed E-state index contributed by atoms with van der Waals surface area (Å²) in [5, 5.41) is 3.55. The number of methoxy groups -OCH3 is 2. The number of benzene rings is 1. The summed E-state index contributed by atoms with van der Waals surface area (Å²) in [5.74, 6) is 0.915. The maximum Gasteiger partial charge on any atom is 0.120 e. The number of ether oxygens (including phenoxy) is 2. The van der Waals surface area contributed by atoms with Gasteiger partial charge in [-0.2, -0.15) is 0 Å². The Hall–Kier alpha value is -1.22. The summed E-state index contributed by atoms with van der Waals surface area (Å²) in [5.41, 5.74) is 2.60. The van der Waals surface area contributed by atoms with E-state index in [1.165, 1.54) is 17.7 Å². The van der Waals surface area contributed by atoms with Crippen molar-refractivity contribution in [2.75, 3.05) is 26.1 Å². The Morgan fingerprint density at radius 3 is 3.00 bits per heavy atom. The topological polar surface area (TPSA) is 30.5 Å². The Kier molecular flexibility index (Phi) is 3.67. The molecule has 0 bridgehead atoms. The summed E-state index contributed by atoms with van der Waals surface area (Å²) in [6.45, 7) is 0.816. The summed E-state index contributed by atoms with van der Waals surface area (Å²) in [4.78, 5) is 0. The van der Waals surface area contributed by atoms with Gasteiger partial charge in [0.2, 0.25) is 0 Å². The minimum Gasteiger partial charge on any atom is -0.497 e. The first-order valence-electron chi connectivity index (χ1n) is 5.76. The molecule has 1 aromatic rings. The van der Waals surface area contributed by atoms with E-state index < -0.39 is 0 Å². The van der Waals surface area contributed by atoms with Crippen LogP contribution in [0.2, 0.25) is 0 Å². The van der Waals surface area contributed by atoms with E-state index in [0.29, 0.717) is 6.04 Å². The fourth-order valence-corrected chi connectivity index (χ4v) is 2.13. The van der Waals surface area contributed by atoms with Crippen LogP contribution in [-0.4, -0.2) is 26.9 Å². The lowest BCUT2D eigenvalue weighted by Gasteiger charge is -2.27. The molecule has 88 valence electrons. The van der Waals surface area contributed by atoms with Gasteiger partial charge in [0.1, 0.15) is 5.75 Å². The Labute approximate surface area is 96.8 Å². The van der Waals surface area contributed by atoms with E-state index in [0.717, 1.165) is 25.2 Å². The van der Waals surface area contributed by atoms with Gasteiger partial charge in [0.05, 0.1) is 7.11 Å². The molecule has 1 unspecified atom stereocenters. The van der Waals surface area contributed by atoms with Crippen molar-refractivity contribution < 1.29 is 9.47 Å². The molecule has 0 aliphatic carbocycles. The minimum atomic E-state index is 0.527. The maximum absolute atomic E-state index is 5.23. The van der Waals surface area contributed by atoms with Gasteiger partial charge in [0.25, 0.3) is 0 Å². The van der Waals surface area contributed by atoms with Crippen molar-refractivity contribution in [3.63, 3.8) is 0 Å². The van der Waals surface area contributed by atoms with Gasteiger partial charge < -0.3 is 14.8 Å². The van der Waals surface area contributed by atoms with Crippen LogP contribution in [0.4, 0.5) is 5.69 Å². The SMILES string of the molecule is COCCC1CCc2ccc(OC)cc2N1. The summed E-state index contributed by atoms with van der Waals surface area (Å²) >= 11 is 0. The van der Waals surface area contributed by atoms with Gasteiger partial charge >= 0.3 is 0 Å². The average Bonchev–Trinajstić information content (AvgIpc) is 2.35. The van der Waals surface area contributed by atoms with Crippen molar-refractivity contribution in [3.8, 4) is 5.75 Å². The Morgan fingerprint density at radius 1 is 1.38 bits per heavy atom. The normalized spacial score (nSPS) is 18.8.